The van der Waals surface area contributed by atoms with E-state index in [1.807, 2.05) is 62.5 Å². The SMILES string of the molecule is C=O.CCc1cc2nc(COc3ccccc3)ccc2cc1Cc1cccnc1NC. The second kappa shape index (κ2) is 10.9. The molecule has 0 aliphatic rings. The number of rotatable bonds is 7. The summed E-state index contributed by atoms with van der Waals surface area (Å²) in [7, 11) is 1.91. The topological polar surface area (TPSA) is 64.1 Å². The molecule has 4 aromatic rings. The van der Waals surface area contributed by atoms with E-state index in [0.29, 0.717) is 6.61 Å². The Morgan fingerprint density at radius 2 is 1.74 bits per heavy atom. The van der Waals surface area contributed by atoms with E-state index >= 15 is 0 Å². The Kier molecular flexibility index (Phi) is 7.71. The molecule has 158 valence electrons. The molecule has 0 atom stereocenters. The van der Waals surface area contributed by atoms with Gasteiger partial charge in [-0.05, 0) is 59.5 Å². The lowest BCUT2D eigenvalue weighted by Gasteiger charge is -2.13. The van der Waals surface area contributed by atoms with E-state index < -0.39 is 0 Å². The number of hydrogen-bond acceptors (Lipinski definition) is 5. The molecule has 0 aliphatic carbocycles. The van der Waals surface area contributed by atoms with Crippen molar-refractivity contribution in [3.63, 3.8) is 0 Å². The number of aromatic nitrogens is 2. The van der Waals surface area contributed by atoms with Crippen molar-refractivity contribution in [2.45, 2.75) is 26.4 Å². The number of pyridine rings is 2. The van der Waals surface area contributed by atoms with Crippen molar-refractivity contribution >= 4 is 23.5 Å². The molecular weight excluding hydrogens is 386 g/mol. The summed E-state index contributed by atoms with van der Waals surface area (Å²) >= 11 is 0. The highest BCUT2D eigenvalue weighted by Crippen LogP contribution is 2.25. The van der Waals surface area contributed by atoms with E-state index in [1.165, 1.54) is 16.7 Å². The molecule has 2 heterocycles. The van der Waals surface area contributed by atoms with Crippen molar-refractivity contribution in [1.29, 1.82) is 0 Å². The molecule has 0 saturated carbocycles. The number of benzene rings is 2. The summed E-state index contributed by atoms with van der Waals surface area (Å²) in [6.45, 7) is 4.65. The molecule has 0 aliphatic heterocycles. The van der Waals surface area contributed by atoms with Gasteiger partial charge in [-0.25, -0.2) is 9.97 Å². The highest BCUT2D eigenvalue weighted by molar-refractivity contribution is 5.81. The van der Waals surface area contributed by atoms with Crippen LogP contribution in [0.2, 0.25) is 0 Å². The summed E-state index contributed by atoms with van der Waals surface area (Å²) in [5.74, 6) is 1.79. The van der Waals surface area contributed by atoms with Crippen LogP contribution in [0.15, 0.2) is 72.9 Å². The van der Waals surface area contributed by atoms with E-state index in [2.05, 4.69) is 41.5 Å². The summed E-state index contributed by atoms with van der Waals surface area (Å²) in [6.07, 6.45) is 3.63. The number of para-hydroxylation sites is 1. The van der Waals surface area contributed by atoms with E-state index in [1.54, 1.807) is 0 Å². The highest BCUT2D eigenvalue weighted by Gasteiger charge is 2.10. The maximum Gasteiger partial charge on any atom is 0.130 e. The molecular formula is C26H27N3O2. The van der Waals surface area contributed by atoms with E-state index in [4.69, 9.17) is 14.5 Å². The molecule has 0 spiro atoms. The van der Waals surface area contributed by atoms with Crippen LogP contribution in [-0.2, 0) is 24.2 Å². The largest absolute Gasteiger partial charge is 0.487 e. The van der Waals surface area contributed by atoms with Crippen molar-refractivity contribution in [3.05, 3.63) is 95.3 Å². The molecule has 0 fully saturated rings. The summed E-state index contributed by atoms with van der Waals surface area (Å²) in [6, 6.07) is 22.6. The number of carbonyl (C=O) groups is 1. The zero-order valence-corrected chi connectivity index (χ0v) is 18.0. The molecule has 31 heavy (non-hydrogen) atoms. The van der Waals surface area contributed by atoms with Gasteiger partial charge in [0.15, 0.2) is 0 Å². The average Bonchev–Trinajstić information content (AvgIpc) is 2.84. The van der Waals surface area contributed by atoms with Gasteiger partial charge in [-0.3, -0.25) is 0 Å². The first-order valence-corrected chi connectivity index (χ1v) is 10.3. The molecule has 0 radical (unpaired) electrons. The van der Waals surface area contributed by atoms with Crippen LogP contribution >= 0.6 is 0 Å². The molecule has 4 rings (SSSR count). The predicted molar refractivity (Wildman–Crippen MR) is 126 cm³/mol. The first kappa shape index (κ1) is 22.0. The molecule has 5 nitrogen and oxygen atoms in total. The van der Waals surface area contributed by atoms with Crippen LogP contribution < -0.4 is 10.1 Å². The molecule has 2 aromatic carbocycles. The van der Waals surface area contributed by atoms with E-state index in [9.17, 15) is 0 Å². The molecule has 0 unspecified atom stereocenters. The summed E-state index contributed by atoms with van der Waals surface area (Å²) < 4.78 is 5.85. The van der Waals surface area contributed by atoms with Gasteiger partial charge in [-0.2, -0.15) is 0 Å². The normalized spacial score (nSPS) is 10.3. The number of ether oxygens (including phenoxy) is 1. The summed E-state index contributed by atoms with van der Waals surface area (Å²) in [5, 5.41) is 4.34. The Labute approximate surface area is 183 Å². The van der Waals surface area contributed by atoms with Gasteiger partial charge in [0, 0.05) is 25.1 Å². The second-order valence-corrected chi connectivity index (χ2v) is 7.01. The Morgan fingerprint density at radius 1 is 0.935 bits per heavy atom. The zero-order valence-electron chi connectivity index (χ0n) is 18.0. The van der Waals surface area contributed by atoms with Gasteiger partial charge < -0.3 is 14.8 Å². The Bertz CT molecular complexity index is 1130. The first-order valence-electron chi connectivity index (χ1n) is 10.3. The monoisotopic (exact) mass is 413 g/mol. The molecule has 1 N–H and O–H groups in total. The Hall–Kier alpha value is -3.73. The third kappa shape index (κ3) is 5.45. The number of nitrogens with one attached hydrogen (secondary N) is 1. The van der Waals surface area contributed by atoms with Crippen LogP contribution in [0.1, 0.15) is 29.3 Å². The fourth-order valence-corrected chi connectivity index (χ4v) is 3.56. The smallest absolute Gasteiger partial charge is 0.130 e. The highest BCUT2D eigenvalue weighted by atomic mass is 16.5. The van der Waals surface area contributed by atoms with Crippen LogP contribution in [0.3, 0.4) is 0 Å². The minimum Gasteiger partial charge on any atom is -0.487 e. The fourth-order valence-electron chi connectivity index (χ4n) is 3.56. The summed E-state index contributed by atoms with van der Waals surface area (Å²) in [4.78, 5) is 17.3. The number of hydrogen-bond donors (Lipinski definition) is 1. The summed E-state index contributed by atoms with van der Waals surface area (Å²) in [5.41, 5.74) is 5.78. The number of nitrogens with zero attached hydrogens (tertiary/aromatic N) is 2. The van der Waals surface area contributed by atoms with Crippen LogP contribution in [0, 0.1) is 0 Å². The fraction of sp³-hybridized carbons (Fsp3) is 0.192. The third-order valence-electron chi connectivity index (χ3n) is 5.09. The minimum atomic E-state index is 0.463. The maximum atomic E-state index is 8.00. The van der Waals surface area contributed by atoms with Crippen molar-refractivity contribution in [1.82, 2.24) is 9.97 Å². The van der Waals surface area contributed by atoms with Gasteiger partial charge >= 0.3 is 0 Å². The van der Waals surface area contributed by atoms with Crippen molar-refractivity contribution in [2.24, 2.45) is 0 Å². The molecule has 0 amide bonds. The van der Waals surface area contributed by atoms with Gasteiger partial charge in [-0.15, -0.1) is 0 Å². The van der Waals surface area contributed by atoms with Gasteiger partial charge in [0.25, 0.3) is 0 Å². The number of carbonyl (C=O) groups excluding carboxylic acids is 1. The van der Waals surface area contributed by atoms with E-state index in [0.717, 1.165) is 41.0 Å². The lowest BCUT2D eigenvalue weighted by Crippen LogP contribution is -2.02. The zero-order chi connectivity index (χ0) is 22.1. The van der Waals surface area contributed by atoms with Gasteiger partial charge in [0.05, 0.1) is 11.2 Å². The Morgan fingerprint density at radius 3 is 2.48 bits per heavy atom. The molecule has 0 bridgehead atoms. The Balaban J connectivity index is 0.00000132. The first-order chi connectivity index (χ1) is 15.3. The minimum absolute atomic E-state index is 0.463. The third-order valence-corrected chi connectivity index (χ3v) is 5.09. The van der Waals surface area contributed by atoms with Crippen molar-refractivity contribution < 1.29 is 9.53 Å². The molecule has 0 saturated heterocycles. The second-order valence-electron chi connectivity index (χ2n) is 7.01. The number of fused-ring (bicyclic) bond motifs is 1. The quantitative estimate of drug-likeness (QED) is 0.450. The number of anilines is 1. The van der Waals surface area contributed by atoms with Crippen LogP contribution in [0.5, 0.6) is 5.75 Å². The van der Waals surface area contributed by atoms with Crippen LogP contribution in [0.25, 0.3) is 10.9 Å². The lowest BCUT2D eigenvalue weighted by molar-refractivity contribution is -0.0979. The van der Waals surface area contributed by atoms with E-state index in [-0.39, 0.29) is 0 Å². The average molecular weight is 414 g/mol. The molecule has 2 aromatic heterocycles. The van der Waals surface area contributed by atoms with Crippen molar-refractivity contribution in [2.75, 3.05) is 12.4 Å². The molecule has 5 heteroatoms. The van der Waals surface area contributed by atoms with Crippen molar-refractivity contribution in [3.8, 4) is 5.75 Å². The standard InChI is InChI=1S/C25H25N3O.CH2O/c1-3-18-16-24-19(14-21(18)15-20-8-7-13-27-25(20)26-2)11-12-22(28-24)17-29-23-9-5-4-6-10-23;1-2/h4-14,16H,3,15,17H2,1-2H3,(H,26,27);1H2. The van der Waals surface area contributed by atoms with Gasteiger partial charge in [-0.1, -0.05) is 37.3 Å². The van der Waals surface area contributed by atoms with Crippen LogP contribution in [0.4, 0.5) is 5.82 Å². The lowest BCUT2D eigenvalue weighted by atomic mass is 9.96. The van der Waals surface area contributed by atoms with Gasteiger partial charge in [0.2, 0.25) is 0 Å². The van der Waals surface area contributed by atoms with Gasteiger partial charge in [0.1, 0.15) is 25.0 Å². The predicted octanol–water partition coefficient (Wildman–Crippen LogP) is 5.22. The van der Waals surface area contributed by atoms with Crippen LogP contribution in [-0.4, -0.2) is 23.8 Å². The maximum absolute atomic E-state index is 8.00. The number of aryl methyl sites for hydroxylation is 1.